The molecule has 0 spiro atoms. The molecule has 2 aromatic rings. The van der Waals surface area contributed by atoms with Crippen LogP contribution >= 0.6 is 33.9 Å². The van der Waals surface area contributed by atoms with Gasteiger partial charge in [0.1, 0.15) is 5.92 Å². The van der Waals surface area contributed by atoms with E-state index in [0.29, 0.717) is 6.61 Å². The fourth-order valence-corrected chi connectivity index (χ4v) is 3.83. The second kappa shape index (κ2) is 6.31. The van der Waals surface area contributed by atoms with Crippen molar-refractivity contribution in [3.8, 4) is 0 Å². The van der Waals surface area contributed by atoms with Crippen LogP contribution in [-0.2, 0) is 16.0 Å². The number of benzene rings is 1. The molecule has 6 heteroatoms. The maximum absolute atomic E-state index is 11.9. The van der Waals surface area contributed by atoms with Crippen molar-refractivity contribution < 1.29 is 9.53 Å². The van der Waals surface area contributed by atoms with Crippen molar-refractivity contribution in [2.75, 3.05) is 11.9 Å². The Labute approximate surface area is 141 Å². The Kier molecular flexibility index (Phi) is 4.44. The standard InChI is InChI=1S/C15H15IN2O2S/c1-2-20-14(19)11-7-8-12-13(11)18-15(21-12)17-10-5-3-9(16)4-6-10/h3-6,11H,2,7-8H2,1H3,(H,17,18). The molecule has 0 aliphatic heterocycles. The van der Waals surface area contributed by atoms with E-state index in [1.807, 2.05) is 31.2 Å². The molecule has 0 fully saturated rings. The summed E-state index contributed by atoms with van der Waals surface area (Å²) in [5, 5.41) is 4.15. The number of halogens is 1. The number of aromatic nitrogens is 1. The van der Waals surface area contributed by atoms with Crippen LogP contribution in [0.25, 0.3) is 0 Å². The first-order chi connectivity index (χ1) is 10.2. The quantitative estimate of drug-likeness (QED) is 0.605. The Hall–Kier alpha value is -1.15. The van der Waals surface area contributed by atoms with Gasteiger partial charge in [-0.05, 0) is 66.6 Å². The molecule has 1 atom stereocenters. The number of nitrogens with zero attached hydrogens (tertiary/aromatic N) is 1. The van der Waals surface area contributed by atoms with Crippen molar-refractivity contribution in [3.63, 3.8) is 0 Å². The lowest BCUT2D eigenvalue weighted by molar-refractivity contribution is -0.145. The van der Waals surface area contributed by atoms with Crippen molar-refractivity contribution in [1.82, 2.24) is 4.98 Å². The van der Waals surface area contributed by atoms with Crippen LogP contribution in [-0.4, -0.2) is 17.6 Å². The Morgan fingerprint density at radius 2 is 2.24 bits per heavy atom. The number of hydrogen-bond acceptors (Lipinski definition) is 5. The molecule has 1 aliphatic rings. The average molecular weight is 414 g/mol. The van der Waals surface area contributed by atoms with E-state index >= 15 is 0 Å². The molecule has 0 bridgehead atoms. The molecule has 0 amide bonds. The van der Waals surface area contributed by atoms with Crippen molar-refractivity contribution >= 4 is 50.7 Å². The van der Waals surface area contributed by atoms with Crippen LogP contribution in [0.4, 0.5) is 10.8 Å². The van der Waals surface area contributed by atoms with Gasteiger partial charge in [-0.3, -0.25) is 4.79 Å². The van der Waals surface area contributed by atoms with Crippen LogP contribution in [0.5, 0.6) is 0 Å². The van der Waals surface area contributed by atoms with Gasteiger partial charge in [-0.25, -0.2) is 4.98 Å². The zero-order chi connectivity index (χ0) is 14.8. The molecule has 1 heterocycles. The molecule has 0 saturated heterocycles. The van der Waals surface area contributed by atoms with Crippen molar-refractivity contribution in [3.05, 3.63) is 38.4 Å². The van der Waals surface area contributed by atoms with E-state index in [9.17, 15) is 4.79 Å². The highest BCUT2D eigenvalue weighted by Crippen LogP contribution is 2.39. The zero-order valence-electron chi connectivity index (χ0n) is 11.6. The van der Waals surface area contributed by atoms with E-state index in [4.69, 9.17) is 4.74 Å². The van der Waals surface area contributed by atoms with Gasteiger partial charge in [-0.2, -0.15) is 0 Å². The minimum Gasteiger partial charge on any atom is -0.465 e. The smallest absolute Gasteiger partial charge is 0.315 e. The summed E-state index contributed by atoms with van der Waals surface area (Å²) < 4.78 is 6.32. The number of rotatable bonds is 4. The van der Waals surface area contributed by atoms with Gasteiger partial charge in [0, 0.05) is 14.1 Å². The normalized spacial score (nSPS) is 16.6. The number of carbonyl (C=O) groups excluding carboxylic acids is 1. The van der Waals surface area contributed by atoms with Gasteiger partial charge in [0.2, 0.25) is 0 Å². The zero-order valence-corrected chi connectivity index (χ0v) is 14.5. The minimum atomic E-state index is -0.191. The summed E-state index contributed by atoms with van der Waals surface area (Å²) in [4.78, 5) is 17.7. The van der Waals surface area contributed by atoms with Gasteiger partial charge in [-0.15, -0.1) is 11.3 Å². The van der Waals surface area contributed by atoms with Gasteiger partial charge in [0.15, 0.2) is 5.13 Å². The lowest BCUT2D eigenvalue weighted by Gasteiger charge is -2.08. The summed E-state index contributed by atoms with van der Waals surface area (Å²) in [6.07, 6.45) is 1.72. The number of esters is 1. The predicted octanol–water partition coefficient (Wildman–Crippen LogP) is 4.08. The van der Waals surface area contributed by atoms with Crippen LogP contribution in [0.3, 0.4) is 0 Å². The molecule has 1 aromatic carbocycles. The van der Waals surface area contributed by atoms with E-state index in [-0.39, 0.29) is 11.9 Å². The van der Waals surface area contributed by atoms with Gasteiger partial charge < -0.3 is 10.1 Å². The highest BCUT2D eigenvalue weighted by atomic mass is 127. The minimum absolute atomic E-state index is 0.151. The van der Waals surface area contributed by atoms with Gasteiger partial charge in [-0.1, -0.05) is 0 Å². The highest BCUT2D eigenvalue weighted by molar-refractivity contribution is 14.1. The summed E-state index contributed by atoms with van der Waals surface area (Å²) in [6.45, 7) is 2.25. The number of anilines is 2. The monoisotopic (exact) mass is 414 g/mol. The summed E-state index contributed by atoms with van der Waals surface area (Å²) in [6, 6.07) is 8.14. The predicted molar refractivity (Wildman–Crippen MR) is 92.3 cm³/mol. The summed E-state index contributed by atoms with van der Waals surface area (Å²) in [5.41, 5.74) is 1.90. The Morgan fingerprint density at radius 1 is 1.48 bits per heavy atom. The maximum atomic E-state index is 11.9. The van der Waals surface area contributed by atoms with Crippen molar-refractivity contribution in [1.29, 1.82) is 0 Å². The second-order valence-electron chi connectivity index (χ2n) is 4.80. The average Bonchev–Trinajstić information content (AvgIpc) is 3.01. The fraction of sp³-hybridized carbons (Fsp3) is 0.333. The Morgan fingerprint density at radius 3 is 2.95 bits per heavy atom. The number of ether oxygens (including phenoxy) is 1. The summed E-state index contributed by atoms with van der Waals surface area (Å²) >= 11 is 3.91. The van der Waals surface area contributed by atoms with Crippen LogP contribution in [0.2, 0.25) is 0 Å². The van der Waals surface area contributed by atoms with Crippen LogP contribution in [0, 0.1) is 3.57 Å². The molecule has 0 radical (unpaired) electrons. The molecule has 110 valence electrons. The molecular formula is C15H15IN2O2S. The Balaban J connectivity index is 1.77. The summed E-state index contributed by atoms with van der Waals surface area (Å²) in [7, 11) is 0. The molecule has 1 aromatic heterocycles. The topological polar surface area (TPSA) is 51.2 Å². The number of aryl methyl sites for hydroxylation is 1. The van der Waals surface area contributed by atoms with Gasteiger partial charge >= 0.3 is 5.97 Å². The van der Waals surface area contributed by atoms with Gasteiger partial charge in [0.25, 0.3) is 0 Å². The van der Waals surface area contributed by atoms with E-state index in [1.165, 1.54) is 8.45 Å². The first-order valence-corrected chi connectivity index (χ1v) is 8.75. The molecule has 3 rings (SSSR count). The van der Waals surface area contributed by atoms with Crippen LogP contribution in [0.15, 0.2) is 24.3 Å². The third kappa shape index (κ3) is 3.21. The lowest BCUT2D eigenvalue weighted by Crippen LogP contribution is -2.14. The molecule has 4 nitrogen and oxygen atoms in total. The molecular weight excluding hydrogens is 399 g/mol. The first kappa shape index (κ1) is 14.8. The van der Waals surface area contributed by atoms with E-state index in [0.717, 1.165) is 29.4 Å². The number of nitrogens with one attached hydrogen (secondary N) is 1. The number of thiazole rings is 1. The molecule has 1 unspecified atom stereocenters. The molecule has 1 aliphatic carbocycles. The molecule has 1 N–H and O–H groups in total. The summed E-state index contributed by atoms with van der Waals surface area (Å²) in [5.74, 6) is -0.342. The Bertz CT molecular complexity index is 654. The van der Waals surface area contributed by atoms with Gasteiger partial charge in [0.05, 0.1) is 12.3 Å². The van der Waals surface area contributed by atoms with Crippen LogP contribution < -0.4 is 5.32 Å². The van der Waals surface area contributed by atoms with E-state index in [1.54, 1.807) is 11.3 Å². The number of hydrogen-bond donors (Lipinski definition) is 1. The van der Waals surface area contributed by atoms with Crippen molar-refractivity contribution in [2.24, 2.45) is 0 Å². The highest BCUT2D eigenvalue weighted by Gasteiger charge is 2.33. The first-order valence-electron chi connectivity index (χ1n) is 6.86. The number of carbonyl (C=O) groups is 1. The maximum Gasteiger partial charge on any atom is 0.315 e. The number of fused-ring (bicyclic) bond motifs is 1. The van der Waals surface area contributed by atoms with E-state index < -0.39 is 0 Å². The third-order valence-corrected chi connectivity index (χ3v) is 5.15. The lowest BCUT2D eigenvalue weighted by atomic mass is 10.1. The van der Waals surface area contributed by atoms with Crippen molar-refractivity contribution in [2.45, 2.75) is 25.7 Å². The molecule has 0 saturated carbocycles. The fourth-order valence-electron chi connectivity index (χ4n) is 2.41. The third-order valence-electron chi connectivity index (χ3n) is 3.38. The molecule has 21 heavy (non-hydrogen) atoms. The SMILES string of the molecule is CCOC(=O)C1CCc2sc(Nc3ccc(I)cc3)nc21. The second-order valence-corrected chi connectivity index (χ2v) is 7.13. The van der Waals surface area contributed by atoms with E-state index in [2.05, 4.69) is 32.9 Å². The van der Waals surface area contributed by atoms with Crippen LogP contribution in [0.1, 0.15) is 29.8 Å². The largest absolute Gasteiger partial charge is 0.465 e.